The van der Waals surface area contributed by atoms with Crippen molar-refractivity contribution in [3.8, 4) is 0 Å². The largest absolute Gasteiger partial charge is 0.399 e. The van der Waals surface area contributed by atoms with Crippen LogP contribution >= 0.6 is 0 Å². The van der Waals surface area contributed by atoms with Gasteiger partial charge in [0.2, 0.25) is 0 Å². The minimum absolute atomic E-state index is 0.0464. The van der Waals surface area contributed by atoms with Crippen molar-refractivity contribution in [2.45, 2.75) is 53.0 Å². The summed E-state index contributed by atoms with van der Waals surface area (Å²) in [5.41, 5.74) is 8.89. The maximum atomic E-state index is 5.87. The van der Waals surface area contributed by atoms with Crippen molar-refractivity contribution in [1.29, 1.82) is 0 Å². The predicted octanol–water partition coefficient (Wildman–Crippen LogP) is 3.96. The first-order valence-electron chi connectivity index (χ1n) is 7.05. The molecular formula is C16H25N3. The number of hydrogen-bond acceptors (Lipinski definition) is 2. The summed E-state index contributed by atoms with van der Waals surface area (Å²) in [6.07, 6.45) is 1.17. The lowest BCUT2D eigenvalue weighted by Gasteiger charge is -2.20. The van der Waals surface area contributed by atoms with Crippen LogP contribution in [0.2, 0.25) is 0 Å². The van der Waals surface area contributed by atoms with Crippen LogP contribution in [0.5, 0.6) is 0 Å². The summed E-state index contributed by atoms with van der Waals surface area (Å²) in [5, 5.41) is 0. The number of aryl methyl sites for hydroxylation is 1. The number of nitrogens with zero attached hydrogens (tertiary/aromatic N) is 2. The zero-order valence-electron chi connectivity index (χ0n) is 12.7. The van der Waals surface area contributed by atoms with Gasteiger partial charge in [-0.25, -0.2) is 4.98 Å². The Labute approximate surface area is 115 Å². The summed E-state index contributed by atoms with van der Waals surface area (Å²) in [4.78, 5) is 4.81. The molecule has 0 saturated heterocycles. The molecule has 2 N–H and O–H groups in total. The molecular weight excluding hydrogens is 234 g/mol. The Morgan fingerprint density at radius 3 is 2.53 bits per heavy atom. The van der Waals surface area contributed by atoms with Gasteiger partial charge in [0.25, 0.3) is 0 Å². The SMILES string of the molecule is CC(C)CCn1c(C(C)(C)C)nc2cc(N)ccc21. The number of nitrogens with two attached hydrogens (primary N) is 1. The molecule has 0 fully saturated rings. The molecule has 0 amide bonds. The molecule has 0 bridgehead atoms. The zero-order valence-corrected chi connectivity index (χ0v) is 12.7. The molecule has 104 valence electrons. The zero-order chi connectivity index (χ0) is 14.2. The van der Waals surface area contributed by atoms with Gasteiger partial charge in [-0.05, 0) is 30.5 Å². The number of hydrogen-bond donors (Lipinski definition) is 1. The number of aromatic nitrogens is 2. The fraction of sp³-hybridized carbons (Fsp3) is 0.562. The van der Waals surface area contributed by atoms with E-state index >= 15 is 0 Å². The van der Waals surface area contributed by atoms with Gasteiger partial charge in [0.15, 0.2) is 0 Å². The van der Waals surface area contributed by atoms with Gasteiger partial charge in [-0.1, -0.05) is 34.6 Å². The second-order valence-corrected chi connectivity index (χ2v) is 6.77. The summed E-state index contributed by atoms with van der Waals surface area (Å²) in [7, 11) is 0. The summed E-state index contributed by atoms with van der Waals surface area (Å²) in [6.45, 7) is 12.2. The Hall–Kier alpha value is -1.51. The molecule has 0 aliphatic heterocycles. The van der Waals surface area contributed by atoms with Gasteiger partial charge in [-0.3, -0.25) is 0 Å². The Balaban J connectivity index is 2.55. The fourth-order valence-corrected chi connectivity index (χ4v) is 2.33. The Bertz CT molecular complexity index is 573. The quantitative estimate of drug-likeness (QED) is 0.848. The molecule has 2 aromatic rings. The summed E-state index contributed by atoms with van der Waals surface area (Å²) >= 11 is 0. The number of anilines is 1. The molecule has 0 radical (unpaired) electrons. The normalized spacial score (nSPS) is 12.5. The van der Waals surface area contributed by atoms with Crippen LogP contribution in [0.1, 0.15) is 46.9 Å². The third-order valence-electron chi connectivity index (χ3n) is 3.37. The van der Waals surface area contributed by atoms with Crippen molar-refractivity contribution >= 4 is 16.7 Å². The van der Waals surface area contributed by atoms with E-state index in [-0.39, 0.29) is 5.41 Å². The highest BCUT2D eigenvalue weighted by Crippen LogP contribution is 2.28. The van der Waals surface area contributed by atoms with Crippen LogP contribution in [-0.2, 0) is 12.0 Å². The first kappa shape index (κ1) is 13.9. The Morgan fingerprint density at radius 2 is 1.95 bits per heavy atom. The summed E-state index contributed by atoms with van der Waals surface area (Å²) in [5.74, 6) is 1.84. The van der Waals surface area contributed by atoms with Crippen molar-refractivity contribution in [1.82, 2.24) is 9.55 Å². The first-order valence-corrected chi connectivity index (χ1v) is 7.05. The van der Waals surface area contributed by atoms with Gasteiger partial charge < -0.3 is 10.3 Å². The van der Waals surface area contributed by atoms with Crippen molar-refractivity contribution in [2.24, 2.45) is 5.92 Å². The Kier molecular flexibility index (Phi) is 3.57. The third kappa shape index (κ3) is 2.91. The topological polar surface area (TPSA) is 43.8 Å². The number of fused-ring (bicyclic) bond motifs is 1. The van der Waals surface area contributed by atoms with Crippen LogP contribution in [0.4, 0.5) is 5.69 Å². The number of benzene rings is 1. The minimum Gasteiger partial charge on any atom is -0.399 e. The maximum Gasteiger partial charge on any atom is 0.115 e. The molecule has 1 aromatic carbocycles. The summed E-state index contributed by atoms with van der Waals surface area (Å²) in [6, 6.07) is 6.02. The lowest BCUT2D eigenvalue weighted by molar-refractivity contribution is 0.464. The van der Waals surface area contributed by atoms with E-state index in [0.29, 0.717) is 5.92 Å². The molecule has 0 aliphatic carbocycles. The van der Waals surface area contributed by atoms with E-state index in [1.54, 1.807) is 0 Å². The van der Waals surface area contributed by atoms with Crippen LogP contribution in [-0.4, -0.2) is 9.55 Å². The highest BCUT2D eigenvalue weighted by atomic mass is 15.1. The fourth-order valence-electron chi connectivity index (χ4n) is 2.33. The van der Waals surface area contributed by atoms with Crippen molar-refractivity contribution in [3.05, 3.63) is 24.0 Å². The van der Waals surface area contributed by atoms with E-state index in [4.69, 9.17) is 10.7 Å². The molecule has 3 nitrogen and oxygen atoms in total. The highest BCUT2D eigenvalue weighted by molar-refractivity contribution is 5.79. The third-order valence-corrected chi connectivity index (χ3v) is 3.37. The van der Waals surface area contributed by atoms with E-state index < -0.39 is 0 Å². The standard InChI is InChI=1S/C16H25N3/c1-11(2)8-9-19-14-7-6-12(17)10-13(14)18-15(19)16(3,4)5/h6-7,10-11H,8-9,17H2,1-5H3. The van der Waals surface area contributed by atoms with Crippen LogP contribution < -0.4 is 5.73 Å². The monoisotopic (exact) mass is 259 g/mol. The molecule has 2 rings (SSSR count). The molecule has 0 unspecified atom stereocenters. The van der Waals surface area contributed by atoms with Gasteiger partial charge in [-0.2, -0.15) is 0 Å². The molecule has 0 aliphatic rings. The predicted molar refractivity (Wildman–Crippen MR) is 82.3 cm³/mol. The lowest BCUT2D eigenvalue weighted by Crippen LogP contribution is -2.19. The van der Waals surface area contributed by atoms with Crippen LogP contribution in [0, 0.1) is 5.92 Å². The Morgan fingerprint density at radius 1 is 1.26 bits per heavy atom. The van der Waals surface area contributed by atoms with E-state index in [9.17, 15) is 0 Å². The van der Waals surface area contributed by atoms with Gasteiger partial charge in [0, 0.05) is 17.6 Å². The lowest BCUT2D eigenvalue weighted by atomic mass is 9.95. The van der Waals surface area contributed by atoms with Gasteiger partial charge in [0.05, 0.1) is 11.0 Å². The minimum atomic E-state index is 0.0464. The second-order valence-electron chi connectivity index (χ2n) is 6.77. The molecule has 0 saturated carbocycles. The van der Waals surface area contributed by atoms with Crippen LogP contribution in [0.15, 0.2) is 18.2 Å². The molecule has 19 heavy (non-hydrogen) atoms. The number of nitrogen functional groups attached to an aromatic ring is 1. The van der Waals surface area contributed by atoms with Gasteiger partial charge in [-0.15, -0.1) is 0 Å². The second kappa shape index (κ2) is 4.87. The highest BCUT2D eigenvalue weighted by Gasteiger charge is 2.22. The average Bonchev–Trinajstić information content (AvgIpc) is 2.63. The summed E-state index contributed by atoms with van der Waals surface area (Å²) < 4.78 is 2.36. The number of imidazole rings is 1. The average molecular weight is 259 g/mol. The number of rotatable bonds is 3. The first-order chi connectivity index (χ1) is 8.79. The van der Waals surface area contributed by atoms with Crippen molar-refractivity contribution < 1.29 is 0 Å². The van der Waals surface area contributed by atoms with Crippen LogP contribution in [0.25, 0.3) is 11.0 Å². The van der Waals surface area contributed by atoms with E-state index in [1.165, 1.54) is 11.9 Å². The van der Waals surface area contributed by atoms with Gasteiger partial charge >= 0.3 is 0 Å². The van der Waals surface area contributed by atoms with E-state index in [2.05, 4.69) is 45.3 Å². The van der Waals surface area contributed by atoms with Gasteiger partial charge in [0.1, 0.15) is 5.82 Å². The van der Waals surface area contributed by atoms with Crippen LogP contribution in [0.3, 0.4) is 0 Å². The maximum absolute atomic E-state index is 5.87. The van der Waals surface area contributed by atoms with E-state index in [1.807, 2.05) is 12.1 Å². The molecule has 0 spiro atoms. The molecule has 0 atom stereocenters. The van der Waals surface area contributed by atoms with Crippen molar-refractivity contribution in [3.63, 3.8) is 0 Å². The molecule has 1 aromatic heterocycles. The smallest absolute Gasteiger partial charge is 0.115 e. The van der Waals surface area contributed by atoms with Crippen molar-refractivity contribution in [2.75, 3.05) is 5.73 Å². The van der Waals surface area contributed by atoms with E-state index in [0.717, 1.165) is 23.6 Å². The molecule has 3 heteroatoms. The molecule has 1 heterocycles.